The highest BCUT2D eigenvalue weighted by molar-refractivity contribution is 5.90. The molecule has 1 saturated heterocycles. The number of carbonyl (C=O) groups excluding carboxylic acids is 1. The summed E-state index contributed by atoms with van der Waals surface area (Å²) in [6, 6.07) is 5.27. The number of fused-ring (bicyclic) bond motifs is 1. The zero-order chi connectivity index (χ0) is 18.0. The number of anilines is 1. The van der Waals surface area contributed by atoms with Gasteiger partial charge in [0.15, 0.2) is 0 Å². The van der Waals surface area contributed by atoms with Crippen molar-refractivity contribution in [3.05, 3.63) is 23.8 Å². The van der Waals surface area contributed by atoms with E-state index in [2.05, 4.69) is 0 Å². The second kappa shape index (κ2) is 7.11. The highest BCUT2D eigenvalue weighted by Gasteiger charge is 2.33. The molecule has 2 aliphatic rings. The summed E-state index contributed by atoms with van der Waals surface area (Å²) >= 11 is 0. The van der Waals surface area contributed by atoms with E-state index in [1.807, 2.05) is 6.07 Å². The maximum Gasteiger partial charge on any atom is 0.414 e. The predicted octanol–water partition coefficient (Wildman–Crippen LogP) is 3.69. The molecule has 5 nitrogen and oxygen atoms in total. The molecule has 1 fully saturated rings. The van der Waals surface area contributed by atoms with Crippen molar-refractivity contribution in [3.63, 3.8) is 0 Å². The monoisotopic (exact) mass is 359 g/mol. The van der Waals surface area contributed by atoms with Gasteiger partial charge in [0.1, 0.15) is 11.9 Å². The Morgan fingerprint density at radius 1 is 1.28 bits per heavy atom. The average molecular weight is 359 g/mol. The van der Waals surface area contributed by atoms with Gasteiger partial charge in [-0.3, -0.25) is 4.90 Å². The summed E-state index contributed by atoms with van der Waals surface area (Å²) in [5.41, 5.74) is 1.59. The van der Waals surface area contributed by atoms with Crippen molar-refractivity contribution in [2.75, 3.05) is 25.2 Å². The molecule has 1 aromatic rings. The van der Waals surface area contributed by atoms with Gasteiger partial charge in [-0.2, -0.15) is 13.2 Å². The van der Waals surface area contributed by atoms with Crippen molar-refractivity contribution in [3.8, 4) is 5.75 Å². The van der Waals surface area contributed by atoms with Crippen molar-refractivity contribution in [1.29, 1.82) is 0 Å². The molecule has 1 amide bonds. The number of methoxy groups -OCH3 is 1. The number of hydrogen-bond donors (Lipinski definition) is 0. The maximum atomic E-state index is 12.3. The maximum absolute atomic E-state index is 12.3. The number of hydrogen-bond acceptors (Lipinski definition) is 4. The van der Waals surface area contributed by atoms with Gasteiger partial charge >= 0.3 is 12.3 Å². The van der Waals surface area contributed by atoms with Crippen LogP contribution in [-0.4, -0.2) is 44.7 Å². The molecule has 2 heterocycles. The Labute approximate surface area is 143 Å². The first kappa shape index (κ1) is 17.8. The molecule has 0 aromatic heterocycles. The quantitative estimate of drug-likeness (QED) is 0.804. The fourth-order valence-corrected chi connectivity index (χ4v) is 3.13. The smallest absolute Gasteiger partial charge is 0.414 e. The number of amides is 1. The average Bonchev–Trinajstić information content (AvgIpc) is 2.92. The molecule has 1 unspecified atom stereocenters. The Morgan fingerprint density at radius 3 is 2.80 bits per heavy atom. The van der Waals surface area contributed by atoms with Crippen LogP contribution in [0.2, 0.25) is 0 Å². The lowest BCUT2D eigenvalue weighted by atomic mass is 9.98. The summed E-state index contributed by atoms with van der Waals surface area (Å²) in [5.74, 6) is 0.586. The predicted molar refractivity (Wildman–Crippen MR) is 84.0 cm³/mol. The minimum Gasteiger partial charge on any atom is -0.490 e. The number of nitrogens with zero attached hydrogens (tertiary/aromatic N) is 1. The van der Waals surface area contributed by atoms with Gasteiger partial charge in [-0.1, -0.05) is 0 Å². The molecule has 0 aliphatic carbocycles. The molecule has 0 saturated carbocycles. The Morgan fingerprint density at radius 2 is 2.08 bits per heavy atom. The Hall–Kier alpha value is -1.96. The van der Waals surface area contributed by atoms with E-state index in [-0.39, 0.29) is 12.5 Å². The van der Waals surface area contributed by atoms with Gasteiger partial charge < -0.3 is 14.2 Å². The summed E-state index contributed by atoms with van der Waals surface area (Å²) in [7, 11) is 1.54. The number of ether oxygens (including phenoxy) is 3. The van der Waals surface area contributed by atoms with Crippen LogP contribution >= 0.6 is 0 Å². The van der Waals surface area contributed by atoms with Crippen molar-refractivity contribution >= 4 is 11.8 Å². The highest BCUT2D eigenvalue weighted by atomic mass is 19.4. The molecule has 3 rings (SSSR count). The number of benzene rings is 1. The van der Waals surface area contributed by atoms with E-state index in [1.54, 1.807) is 19.2 Å². The van der Waals surface area contributed by atoms with Crippen LogP contribution in [0.15, 0.2) is 18.2 Å². The first-order valence-electron chi connectivity index (χ1n) is 8.19. The van der Waals surface area contributed by atoms with Crippen LogP contribution in [0.5, 0.6) is 5.75 Å². The van der Waals surface area contributed by atoms with Gasteiger partial charge in [-0.05, 0) is 43.0 Å². The largest absolute Gasteiger partial charge is 0.490 e. The molecule has 2 atom stereocenters. The fraction of sp³-hybridized carbons (Fsp3) is 0.588. The van der Waals surface area contributed by atoms with E-state index in [1.165, 1.54) is 4.90 Å². The molecule has 2 aliphatic heterocycles. The van der Waals surface area contributed by atoms with Crippen LogP contribution in [0.25, 0.3) is 0 Å². The number of cyclic esters (lactones) is 1. The zero-order valence-electron chi connectivity index (χ0n) is 13.8. The summed E-state index contributed by atoms with van der Waals surface area (Å²) in [5, 5.41) is 0. The third kappa shape index (κ3) is 4.36. The fourth-order valence-electron chi connectivity index (χ4n) is 3.13. The van der Waals surface area contributed by atoms with Gasteiger partial charge in [-0.15, -0.1) is 0 Å². The number of rotatable bonds is 5. The molecule has 25 heavy (non-hydrogen) atoms. The van der Waals surface area contributed by atoms with Crippen LogP contribution < -0.4 is 9.64 Å². The Kier molecular flexibility index (Phi) is 5.08. The van der Waals surface area contributed by atoms with Gasteiger partial charge in [0.2, 0.25) is 0 Å². The minimum atomic E-state index is -4.16. The van der Waals surface area contributed by atoms with Crippen molar-refractivity contribution in [2.45, 2.75) is 44.1 Å². The summed E-state index contributed by atoms with van der Waals surface area (Å²) in [6.45, 7) is 0.734. The second-order valence-corrected chi connectivity index (χ2v) is 6.30. The molecular formula is C17H20F3NO4. The minimum absolute atomic E-state index is 0.0398. The number of alkyl halides is 3. The van der Waals surface area contributed by atoms with E-state index >= 15 is 0 Å². The number of carbonyl (C=O) groups is 1. The van der Waals surface area contributed by atoms with Gasteiger partial charge in [0.25, 0.3) is 0 Å². The van der Waals surface area contributed by atoms with Crippen LogP contribution in [0.4, 0.5) is 23.7 Å². The van der Waals surface area contributed by atoms with Crippen LogP contribution in [-0.2, 0) is 15.9 Å². The SMILES string of the molecule is COC[C@@H]1CN(c2ccc3c(c2)CCC(CCC(F)(F)F)O3)C(=O)O1. The van der Waals surface area contributed by atoms with Crippen molar-refractivity contribution in [1.82, 2.24) is 0 Å². The van der Waals surface area contributed by atoms with Crippen LogP contribution in [0, 0.1) is 0 Å². The van der Waals surface area contributed by atoms with Crippen molar-refractivity contribution < 1.29 is 32.2 Å². The van der Waals surface area contributed by atoms with E-state index in [0.29, 0.717) is 37.4 Å². The molecule has 0 N–H and O–H groups in total. The lowest BCUT2D eigenvalue weighted by Crippen LogP contribution is -2.27. The van der Waals surface area contributed by atoms with Gasteiger partial charge in [0, 0.05) is 19.2 Å². The first-order valence-corrected chi connectivity index (χ1v) is 8.19. The third-order valence-electron chi connectivity index (χ3n) is 4.36. The lowest BCUT2D eigenvalue weighted by molar-refractivity contribution is -0.139. The topological polar surface area (TPSA) is 48.0 Å². The number of halogens is 3. The zero-order valence-corrected chi connectivity index (χ0v) is 13.8. The number of aryl methyl sites for hydroxylation is 1. The summed E-state index contributed by atoms with van der Waals surface area (Å²) in [6.07, 6.45) is -5.06. The molecule has 0 spiro atoms. The first-order chi connectivity index (χ1) is 11.9. The Bertz CT molecular complexity index is 635. The third-order valence-corrected chi connectivity index (χ3v) is 4.36. The van der Waals surface area contributed by atoms with Gasteiger partial charge in [-0.25, -0.2) is 4.79 Å². The summed E-state index contributed by atoms with van der Waals surface area (Å²) < 4.78 is 52.9. The van der Waals surface area contributed by atoms with Gasteiger partial charge in [0.05, 0.1) is 19.3 Å². The van der Waals surface area contributed by atoms with E-state index in [9.17, 15) is 18.0 Å². The standard InChI is InChI=1S/C17H20F3NO4/c1-23-10-14-9-21(16(22)25-14)12-3-5-15-11(8-12)2-4-13(24-15)6-7-17(18,19)20/h3,5,8,13-14H,2,4,6-7,9-10H2,1H3/t13?,14-/m0/s1. The molecule has 0 radical (unpaired) electrons. The van der Waals surface area contributed by atoms with Crippen LogP contribution in [0.3, 0.4) is 0 Å². The van der Waals surface area contributed by atoms with Crippen LogP contribution in [0.1, 0.15) is 24.8 Å². The van der Waals surface area contributed by atoms with E-state index < -0.39 is 24.8 Å². The molecule has 138 valence electrons. The van der Waals surface area contributed by atoms with Crippen molar-refractivity contribution in [2.24, 2.45) is 0 Å². The normalized spacial score (nSPS) is 23.2. The second-order valence-electron chi connectivity index (χ2n) is 6.30. The Balaban J connectivity index is 1.65. The molecule has 0 bridgehead atoms. The highest BCUT2D eigenvalue weighted by Crippen LogP contribution is 2.35. The molecule has 1 aromatic carbocycles. The van der Waals surface area contributed by atoms with E-state index in [4.69, 9.17) is 14.2 Å². The molecule has 8 heteroatoms. The van der Waals surface area contributed by atoms with E-state index in [0.717, 1.165) is 5.56 Å². The lowest BCUT2D eigenvalue weighted by Gasteiger charge is -2.27. The molecular weight excluding hydrogens is 339 g/mol. The summed E-state index contributed by atoms with van der Waals surface area (Å²) in [4.78, 5) is 13.5.